The van der Waals surface area contributed by atoms with Crippen molar-refractivity contribution >= 4 is 11.7 Å². The molecule has 2 aromatic rings. The molecule has 0 bridgehead atoms. The standard InChI is InChI=1S/C22H28N4O/c1-2-23-22(27)19-8-9-24-21(16-19)26-11-5-10-25(12-13-26)20-14-17-6-3-4-7-18(17)15-20/h3-4,6-9,16,20H,2,5,10-15H2,1H3,(H,23,27). The molecule has 1 fully saturated rings. The maximum atomic E-state index is 12.1. The molecule has 0 spiro atoms. The maximum Gasteiger partial charge on any atom is 0.251 e. The molecule has 1 aromatic heterocycles. The van der Waals surface area contributed by atoms with Gasteiger partial charge in [-0.2, -0.15) is 0 Å². The Morgan fingerprint density at radius 1 is 1.11 bits per heavy atom. The molecule has 1 saturated heterocycles. The van der Waals surface area contributed by atoms with Gasteiger partial charge in [0.2, 0.25) is 0 Å². The number of anilines is 1. The summed E-state index contributed by atoms with van der Waals surface area (Å²) in [5, 5.41) is 2.86. The van der Waals surface area contributed by atoms with Gasteiger partial charge >= 0.3 is 0 Å². The van der Waals surface area contributed by atoms with Gasteiger partial charge < -0.3 is 10.2 Å². The van der Waals surface area contributed by atoms with Crippen molar-refractivity contribution in [3.8, 4) is 0 Å². The third kappa shape index (κ3) is 3.98. The van der Waals surface area contributed by atoms with E-state index in [2.05, 4.69) is 44.4 Å². The van der Waals surface area contributed by atoms with Crippen LogP contribution in [0.1, 0.15) is 34.8 Å². The van der Waals surface area contributed by atoms with Crippen LogP contribution in [0.5, 0.6) is 0 Å². The number of rotatable bonds is 4. The lowest BCUT2D eigenvalue weighted by molar-refractivity contribution is 0.0955. The van der Waals surface area contributed by atoms with E-state index >= 15 is 0 Å². The van der Waals surface area contributed by atoms with Crippen LogP contribution in [0.4, 0.5) is 5.82 Å². The number of aromatic nitrogens is 1. The van der Waals surface area contributed by atoms with Gasteiger partial charge in [0.1, 0.15) is 5.82 Å². The third-order valence-electron chi connectivity index (χ3n) is 5.75. The molecule has 2 heterocycles. The van der Waals surface area contributed by atoms with E-state index in [0.717, 1.165) is 38.4 Å². The molecule has 27 heavy (non-hydrogen) atoms. The van der Waals surface area contributed by atoms with Gasteiger partial charge in [-0.15, -0.1) is 0 Å². The number of benzene rings is 1. The van der Waals surface area contributed by atoms with Gasteiger partial charge in [-0.3, -0.25) is 9.69 Å². The van der Waals surface area contributed by atoms with Crippen LogP contribution in [-0.4, -0.2) is 54.6 Å². The summed E-state index contributed by atoms with van der Waals surface area (Å²) in [7, 11) is 0. The summed E-state index contributed by atoms with van der Waals surface area (Å²) < 4.78 is 0. The highest BCUT2D eigenvalue weighted by atomic mass is 16.1. The molecular formula is C22H28N4O. The first-order valence-corrected chi connectivity index (χ1v) is 10.0. The second-order valence-corrected chi connectivity index (χ2v) is 7.47. The molecular weight excluding hydrogens is 336 g/mol. The van der Waals surface area contributed by atoms with Crippen LogP contribution in [0, 0.1) is 0 Å². The van der Waals surface area contributed by atoms with E-state index in [1.807, 2.05) is 13.0 Å². The van der Waals surface area contributed by atoms with Crippen LogP contribution in [-0.2, 0) is 12.8 Å². The molecule has 4 rings (SSSR count). The van der Waals surface area contributed by atoms with Gasteiger partial charge in [0.05, 0.1) is 0 Å². The Kier molecular flexibility index (Phi) is 5.39. The largest absolute Gasteiger partial charge is 0.355 e. The van der Waals surface area contributed by atoms with Crippen molar-refractivity contribution in [2.45, 2.75) is 32.2 Å². The number of hydrogen-bond donors (Lipinski definition) is 1. The molecule has 1 N–H and O–H groups in total. The zero-order chi connectivity index (χ0) is 18.6. The molecule has 5 heteroatoms. The van der Waals surface area contributed by atoms with E-state index in [0.29, 0.717) is 18.2 Å². The Balaban J connectivity index is 1.41. The zero-order valence-corrected chi connectivity index (χ0v) is 16.0. The predicted octanol–water partition coefficient (Wildman–Crippen LogP) is 2.51. The number of hydrogen-bond acceptors (Lipinski definition) is 4. The Morgan fingerprint density at radius 3 is 2.63 bits per heavy atom. The summed E-state index contributed by atoms with van der Waals surface area (Å²) in [5.41, 5.74) is 3.72. The normalized spacial score (nSPS) is 18.2. The Bertz CT molecular complexity index is 781. The van der Waals surface area contributed by atoms with Crippen molar-refractivity contribution in [3.05, 3.63) is 59.3 Å². The maximum absolute atomic E-state index is 12.1. The average molecular weight is 364 g/mol. The second-order valence-electron chi connectivity index (χ2n) is 7.47. The number of fused-ring (bicyclic) bond motifs is 1. The number of carbonyl (C=O) groups excluding carboxylic acids is 1. The Labute approximate surface area is 161 Å². The van der Waals surface area contributed by atoms with Crippen LogP contribution in [0.3, 0.4) is 0 Å². The van der Waals surface area contributed by atoms with Gasteiger partial charge in [0.25, 0.3) is 5.91 Å². The highest BCUT2D eigenvalue weighted by Gasteiger charge is 2.28. The number of amides is 1. The van der Waals surface area contributed by atoms with Crippen molar-refractivity contribution in [2.75, 3.05) is 37.6 Å². The first kappa shape index (κ1) is 18.0. The van der Waals surface area contributed by atoms with E-state index in [4.69, 9.17) is 0 Å². The summed E-state index contributed by atoms with van der Waals surface area (Å²) in [4.78, 5) is 21.6. The van der Waals surface area contributed by atoms with E-state index in [1.54, 1.807) is 12.3 Å². The quantitative estimate of drug-likeness (QED) is 0.906. The number of nitrogens with one attached hydrogen (secondary N) is 1. The van der Waals surface area contributed by atoms with Gasteiger partial charge in [0, 0.05) is 50.5 Å². The van der Waals surface area contributed by atoms with Gasteiger partial charge in [0.15, 0.2) is 0 Å². The topological polar surface area (TPSA) is 48.5 Å². The highest BCUT2D eigenvalue weighted by molar-refractivity contribution is 5.94. The molecule has 142 valence electrons. The third-order valence-corrected chi connectivity index (χ3v) is 5.75. The summed E-state index contributed by atoms with van der Waals surface area (Å²) >= 11 is 0. The van der Waals surface area contributed by atoms with Crippen LogP contribution < -0.4 is 10.2 Å². The fraction of sp³-hybridized carbons (Fsp3) is 0.455. The van der Waals surface area contributed by atoms with E-state index in [-0.39, 0.29) is 5.91 Å². The molecule has 1 aliphatic heterocycles. The molecule has 0 atom stereocenters. The fourth-order valence-electron chi connectivity index (χ4n) is 4.32. The van der Waals surface area contributed by atoms with E-state index in [1.165, 1.54) is 24.0 Å². The van der Waals surface area contributed by atoms with E-state index < -0.39 is 0 Å². The zero-order valence-electron chi connectivity index (χ0n) is 16.0. The van der Waals surface area contributed by atoms with Crippen LogP contribution in [0.2, 0.25) is 0 Å². The minimum atomic E-state index is -0.0266. The fourth-order valence-corrected chi connectivity index (χ4v) is 4.32. The molecule has 0 radical (unpaired) electrons. The van der Waals surface area contributed by atoms with Crippen molar-refractivity contribution in [1.29, 1.82) is 0 Å². The van der Waals surface area contributed by atoms with Crippen LogP contribution >= 0.6 is 0 Å². The highest BCUT2D eigenvalue weighted by Crippen LogP contribution is 2.26. The molecule has 5 nitrogen and oxygen atoms in total. The first-order chi connectivity index (χ1) is 13.2. The average Bonchev–Trinajstić information content (AvgIpc) is 2.97. The van der Waals surface area contributed by atoms with Crippen LogP contribution in [0.15, 0.2) is 42.6 Å². The summed E-state index contributed by atoms with van der Waals surface area (Å²) in [6.07, 6.45) is 5.21. The van der Waals surface area contributed by atoms with Crippen LogP contribution in [0.25, 0.3) is 0 Å². The minimum Gasteiger partial charge on any atom is -0.355 e. The Morgan fingerprint density at radius 2 is 1.89 bits per heavy atom. The SMILES string of the molecule is CCNC(=O)c1ccnc(N2CCCN(C3Cc4ccccc4C3)CC2)c1. The van der Waals surface area contributed by atoms with E-state index in [9.17, 15) is 4.79 Å². The number of pyridine rings is 1. The lowest BCUT2D eigenvalue weighted by atomic mass is 10.1. The molecule has 1 amide bonds. The van der Waals surface area contributed by atoms with Crippen molar-refractivity contribution in [1.82, 2.24) is 15.2 Å². The summed E-state index contributed by atoms with van der Waals surface area (Å²) in [5.74, 6) is 0.886. The molecule has 0 saturated carbocycles. The predicted molar refractivity (Wildman–Crippen MR) is 108 cm³/mol. The molecule has 1 aromatic carbocycles. The van der Waals surface area contributed by atoms with Gasteiger partial charge in [-0.25, -0.2) is 4.98 Å². The number of carbonyl (C=O) groups is 1. The summed E-state index contributed by atoms with van der Waals surface area (Å²) in [6.45, 7) is 6.70. The van der Waals surface area contributed by atoms with Gasteiger partial charge in [-0.1, -0.05) is 24.3 Å². The number of nitrogens with zero attached hydrogens (tertiary/aromatic N) is 3. The second kappa shape index (κ2) is 8.09. The smallest absolute Gasteiger partial charge is 0.251 e. The van der Waals surface area contributed by atoms with Crippen molar-refractivity contribution < 1.29 is 4.79 Å². The van der Waals surface area contributed by atoms with Crippen molar-refractivity contribution in [2.24, 2.45) is 0 Å². The Hall–Kier alpha value is -2.40. The lowest BCUT2D eigenvalue weighted by Crippen LogP contribution is -2.39. The molecule has 0 unspecified atom stereocenters. The lowest BCUT2D eigenvalue weighted by Gasteiger charge is -2.27. The minimum absolute atomic E-state index is 0.0266. The monoisotopic (exact) mass is 364 g/mol. The van der Waals surface area contributed by atoms with Crippen molar-refractivity contribution in [3.63, 3.8) is 0 Å². The van der Waals surface area contributed by atoms with Gasteiger partial charge in [-0.05, 0) is 49.4 Å². The first-order valence-electron chi connectivity index (χ1n) is 10.0. The molecule has 2 aliphatic rings. The molecule has 1 aliphatic carbocycles. The summed E-state index contributed by atoms with van der Waals surface area (Å²) in [6, 6.07) is 13.2.